The second-order valence-corrected chi connectivity index (χ2v) is 6.95. The van der Waals surface area contributed by atoms with Crippen LogP contribution >= 0.6 is 0 Å². The van der Waals surface area contributed by atoms with E-state index in [1.807, 2.05) is 44.2 Å². The van der Waals surface area contributed by atoms with Gasteiger partial charge in [0.05, 0.1) is 6.10 Å². The number of rotatable bonds is 4. The molecule has 2 aromatic carbocycles. The lowest BCUT2D eigenvalue weighted by Gasteiger charge is -2.14. The highest BCUT2D eigenvalue weighted by Crippen LogP contribution is 2.31. The molecular weight excluding hydrogens is 284 g/mol. The summed E-state index contributed by atoms with van der Waals surface area (Å²) in [5, 5.41) is 0. The summed E-state index contributed by atoms with van der Waals surface area (Å²) in [6.45, 7) is 7.41. The van der Waals surface area contributed by atoms with Gasteiger partial charge in [0.15, 0.2) is 0 Å². The van der Waals surface area contributed by atoms with E-state index >= 15 is 0 Å². The van der Waals surface area contributed by atoms with Crippen LogP contribution in [0.1, 0.15) is 25.0 Å². The first-order valence-corrected chi connectivity index (χ1v) is 8.32. The standard InChI is InChI=1S/C17H20O3S/c1-12(2)20-21(18,19)17-8-6-5-7-16(17)15-10-9-13(3)11-14(15)4/h5-12H,1-4H3. The molecule has 0 saturated heterocycles. The van der Waals surface area contributed by atoms with Crippen LogP contribution in [-0.2, 0) is 14.3 Å². The molecule has 0 unspecified atom stereocenters. The SMILES string of the molecule is Cc1ccc(-c2ccccc2S(=O)(=O)OC(C)C)c(C)c1. The minimum Gasteiger partial charge on any atom is -0.264 e. The van der Waals surface area contributed by atoms with Crippen molar-refractivity contribution in [2.24, 2.45) is 0 Å². The normalized spacial score (nSPS) is 11.9. The third kappa shape index (κ3) is 3.52. The average Bonchev–Trinajstić information content (AvgIpc) is 2.37. The predicted molar refractivity (Wildman–Crippen MR) is 84.8 cm³/mol. The maximum atomic E-state index is 12.4. The summed E-state index contributed by atoms with van der Waals surface area (Å²) in [5.74, 6) is 0. The topological polar surface area (TPSA) is 43.4 Å². The van der Waals surface area contributed by atoms with Gasteiger partial charge in [-0.25, -0.2) is 0 Å². The second kappa shape index (κ2) is 6.00. The van der Waals surface area contributed by atoms with Gasteiger partial charge in [0.2, 0.25) is 0 Å². The first-order valence-electron chi connectivity index (χ1n) is 6.91. The van der Waals surface area contributed by atoms with E-state index < -0.39 is 10.1 Å². The number of hydrogen-bond acceptors (Lipinski definition) is 3. The minimum absolute atomic E-state index is 0.214. The van der Waals surface area contributed by atoms with Crippen molar-refractivity contribution in [1.82, 2.24) is 0 Å². The minimum atomic E-state index is -3.77. The lowest BCUT2D eigenvalue weighted by molar-refractivity contribution is 0.249. The van der Waals surface area contributed by atoms with Crippen LogP contribution in [0.3, 0.4) is 0 Å². The van der Waals surface area contributed by atoms with Crippen molar-refractivity contribution >= 4 is 10.1 Å². The number of hydrogen-bond donors (Lipinski definition) is 0. The lowest BCUT2D eigenvalue weighted by atomic mass is 9.99. The molecule has 0 spiro atoms. The molecule has 3 nitrogen and oxygen atoms in total. The fourth-order valence-electron chi connectivity index (χ4n) is 2.33. The molecule has 2 rings (SSSR count). The van der Waals surface area contributed by atoms with Crippen LogP contribution in [0.2, 0.25) is 0 Å². The Morgan fingerprint density at radius 3 is 2.24 bits per heavy atom. The maximum Gasteiger partial charge on any atom is 0.297 e. The van der Waals surface area contributed by atoms with Crippen LogP contribution < -0.4 is 0 Å². The molecule has 0 aromatic heterocycles. The molecule has 0 N–H and O–H groups in total. The first-order chi connectivity index (χ1) is 9.81. The van der Waals surface area contributed by atoms with Gasteiger partial charge in [0, 0.05) is 5.56 Å². The molecule has 21 heavy (non-hydrogen) atoms. The Labute approximate surface area is 126 Å². The average molecular weight is 304 g/mol. The lowest BCUT2D eigenvalue weighted by Crippen LogP contribution is -2.13. The quantitative estimate of drug-likeness (QED) is 0.799. The van der Waals surface area contributed by atoms with E-state index in [4.69, 9.17) is 4.18 Å². The van der Waals surface area contributed by atoms with Crippen LogP contribution in [-0.4, -0.2) is 14.5 Å². The highest BCUT2D eigenvalue weighted by Gasteiger charge is 2.22. The Kier molecular flexibility index (Phi) is 4.49. The molecule has 112 valence electrons. The number of aryl methyl sites for hydroxylation is 2. The Morgan fingerprint density at radius 1 is 0.952 bits per heavy atom. The summed E-state index contributed by atoms with van der Waals surface area (Å²) < 4.78 is 29.9. The van der Waals surface area contributed by atoms with Gasteiger partial charge in [-0.3, -0.25) is 4.18 Å². The highest BCUT2D eigenvalue weighted by molar-refractivity contribution is 7.87. The molecule has 0 bridgehead atoms. The van der Waals surface area contributed by atoms with E-state index in [0.717, 1.165) is 16.7 Å². The van der Waals surface area contributed by atoms with Crippen LogP contribution in [0.15, 0.2) is 47.4 Å². The van der Waals surface area contributed by atoms with Gasteiger partial charge in [-0.1, -0.05) is 42.0 Å². The largest absolute Gasteiger partial charge is 0.297 e. The van der Waals surface area contributed by atoms with E-state index in [1.165, 1.54) is 0 Å². The third-order valence-corrected chi connectivity index (χ3v) is 4.68. The molecule has 4 heteroatoms. The van der Waals surface area contributed by atoms with Crippen molar-refractivity contribution in [2.75, 3.05) is 0 Å². The third-order valence-electron chi connectivity index (χ3n) is 3.15. The zero-order valence-corrected chi connectivity index (χ0v) is 13.6. The molecule has 0 fully saturated rings. The maximum absolute atomic E-state index is 12.4. The molecular formula is C17H20O3S. The monoisotopic (exact) mass is 304 g/mol. The van der Waals surface area contributed by atoms with Gasteiger partial charge in [-0.05, 0) is 44.9 Å². The fraction of sp³-hybridized carbons (Fsp3) is 0.294. The summed E-state index contributed by atoms with van der Waals surface area (Å²) in [7, 11) is -3.77. The number of benzene rings is 2. The van der Waals surface area contributed by atoms with Crippen LogP contribution in [0.5, 0.6) is 0 Å². The van der Waals surface area contributed by atoms with Gasteiger partial charge in [-0.15, -0.1) is 0 Å². The fourth-order valence-corrected chi connectivity index (χ4v) is 3.63. The van der Waals surface area contributed by atoms with Crippen LogP contribution in [0.4, 0.5) is 0 Å². The van der Waals surface area contributed by atoms with Gasteiger partial charge in [-0.2, -0.15) is 8.42 Å². The molecule has 0 saturated carbocycles. The Bertz CT molecular complexity index is 746. The van der Waals surface area contributed by atoms with E-state index in [2.05, 4.69) is 0 Å². The van der Waals surface area contributed by atoms with Gasteiger partial charge in [0.25, 0.3) is 10.1 Å². The van der Waals surface area contributed by atoms with Gasteiger partial charge >= 0.3 is 0 Å². The van der Waals surface area contributed by atoms with E-state index in [1.54, 1.807) is 26.0 Å². The summed E-state index contributed by atoms with van der Waals surface area (Å²) in [5.41, 5.74) is 3.78. The Balaban J connectivity index is 2.62. The van der Waals surface area contributed by atoms with E-state index in [0.29, 0.717) is 5.56 Å². The molecule has 0 heterocycles. The van der Waals surface area contributed by atoms with Crippen molar-refractivity contribution in [3.05, 3.63) is 53.6 Å². The van der Waals surface area contributed by atoms with Crippen molar-refractivity contribution in [3.63, 3.8) is 0 Å². The Hall–Kier alpha value is -1.65. The van der Waals surface area contributed by atoms with Crippen molar-refractivity contribution < 1.29 is 12.6 Å². The molecule has 0 radical (unpaired) electrons. The molecule has 0 aliphatic heterocycles. The van der Waals surface area contributed by atoms with Crippen molar-refractivity contribution in [2.45, 2.75) is 38.7 Å². The van der Waals surface area contributed by atoms with Crippen molar-refractivity contribution in [3.8, 4) is 11.1 Å². The van der Waals surface area contributed by atoms with Crippen molar-refractivity contribution in [1.29, 1.82) is 0 Å². The highest BCUT2D eigenvalue weighted by atomic mass is 32.2. The van der Waals surface area contributed by atoms with Crippen LogP contribution in [0.25, 0.3) is 11.1 Å². The summed E-state index contributed by atoms with van der Waals surface area (Å²) in [6, 6.07) is 12.9. The first kappa shape index (κ1) is 15.7. The molecule has 0 atom stereocenters. The summed E-state index contributed by atoms with van der Waals surface area (Å²) >= 11 is 0. The van der Waals surface area contributed by atoms with Gasteiger partial charge < -0.3 is 0 Å². The summed E-state index contributed by atoms with van der Waals surface area (Å²) in [4.78, 5) is 0.214. The second-order valence-electron chi connectivity index (χ2n) is 5.41. The molecule has 2 aromatic rings. The zero-order valence-electron chi connectivity index (χ0n) is 12.8. The predicted octanol–water partition coefficient (Wildman–Crippen LogP) is 4.08. The molecule has 0 aliphatic carbocycles. The zero-order chi connectivity index (χ0) is 15.6. The van der Waals surface area contributed by atoms with Crippen LogP contribution in [0, 0.1) is 13.8 Å². The molecule has 0 amide bonds. The van der Waals surface area contributed by atoms with E-state index in [9.17, 15) is 8.42 Å². The smallest absolute Gasteiger partial charge is 0.264 e. The van der Waals surface area contributed by atoms with Gasteiger partial charge in [0.1, 0.15) is 4.90 Å². The summed E-state index contributed by atoms with van der Waals surface area (Å²) in [6.07, 6.45) is -0.387. The van der Waals surface area contributed by atoms with E-state index in [-0.39, 0.29) is 11.0 Å². The molecule has 0 aliphatic rings. The Morgan fingerprint density at radius 2 is 1.62 bits per heavy atom.